The Kier molecular flexibility index (Phi) is 10.3. The number of primary amides is 1. The molecule has 0 aliphatic heterocycles. The van der Waals surface area contributed by atoms with Gasteiger partial charge in [0.15, 0.2) is 0 Å². The molecule has 3 unspecified atom stereocenters. The average Bonchev–Trinajstić information content (AvgIpc) is 2.51. The van der Waals surface area contributed by atoms with Crippen molar-refractivity contribution >= 4 is 23.7 Å². The van der Waals surface area contributed by atoms with E-state index < -0.39 is 54.8 Å². The first-order valence-electron chi connectivity index (χ1n) is 7.41. The Morgan fingerprint density at radius 3 is 2.04 bits per heavy atom. The van der Waals surface area contributed by atoms with Gasteiger partial charge in [0.1, 0.15) is 18.1 Å². The number of carboxylic acids is 1. The van der Waals surface area contributed by atoms with Crippen LogP contribution in [0.2, 0.25) is 0 Å². The minimum Gasteiger partial charge on any atom is -0.480 e. The highest BCUT2D eigenvalue weighted by Crippen LogP contribution is 2.03. The molecule has 0 heterocycles. The van der Waals surface area contributed by atoms with Gasteiger partial charge in [-0.15, -0.1) is 0 Å². The van der Waals surface area contributed by atoms with Crippen molar-refractivity contribution in [3.8, 4) is 0 Å². The number of carbonyl (C=O) groups excluding carboxylic acids is 3. The lowest BCUT2D eigenvalue weighted by molar-refractivity contribution is -0.142. The number of aliphatic hydroxyl groups is 1. The van der Waals surface area contributed by atoms with Crippen LogP contribution in [0.15, 0.2) is 0 Å². The summed E-state index contributed by atoms with van der Waals surface area (Å²) in [4.78, 5) is 46.0. The fourth-order valence-electron chi connectivity index (χ4n) is 1.79. The Balaban J connectivity index is 4.91. The van der Waals surface area contributed by atoms with Gasteiger partial charge in [0.2, 0.25) is 17.7 Å². The number of nitrogens with one attached hydrogen (secondary N) is 2. The van der Waals surface area contributed by atoms with E-state index in [4.69, 9.17) is 27.4 Å². The number of nitrogens with two attached hydrogens (primary N) is 3. The number of amides is 3. The zero-order valence-electron chi connectivity index (χ0n) is 13.2. The van der Waals surface area contributed by atoms with Gasteiger partial charge in [-0.05, 0) is 25.8 Å². The first kappa shape index (κ1) is 21.8. The molecule has 3 amide bonds. The van der Waals surface area contributed by atoms with E-state index >= 15 is 0 Å². The summed E-state index contributed by atoms with van der Waals surface area (Å²) in [5.41, 5.74) is 15.7. The molecule has 0 radical (unpaired) electrons. The van der Waals surface area contributed by atoms with Crippen LogP contribution >= 0.6 is 0 Å². The van der Waals surface area contributed by atoms with Gasteiger partial charge in [0.05, 0.1) is 13.0 Å². The van der Waals surface area contributed by atoms with Crippen molar-refractivity contribution in [3.63, 3.8) is 0 Å². The Labute approximate surface area is 138 Å². The molecule has 0 saturated heterocycles. The maximum atomic E-state index is 12.1. The molecule has 24 heavy (non-hydrogen) atoms. The second-order valence-electron chi connectivity index (χ2n) is 5.20. The summed E-state index contributed by atoms with van der Waals surface area (Å²) in [6, 6.07) is -3.86. The van der Waals surface area contributed by atoms with Gasteiger partial charge < -0.3 is 38.0 Å². The second-order valence-corrected chi connectivity index (χ2v) is 5.20. The smallest absolute Gasteiger partial charge is 0.326 e. The summed E-state index contributed by atoms with van der Waals surface area (Å²) >= 11 is 0. The van der Waals surface area contributed by atoms with E-state index in [1.165, 1.54) is 0 Å². The number of hydrogen-bond donors (Lipinski definition) is 7. The Bertz CT molecular complexity index is 458. The van der Waals surface area contributed by atoms with Gasteiger partial charge in [-0.3, -0.25) is 14.4 Å². The Morgan fingerprint density at radius 1 is 1.00 bits per heavy atom. The summed E-state index contributed by atoms with van der Waals surface area (Å²) in [5.74, 6) is -3.87. The molecule has 0 saturated carbocycles. The molecule has 11 nitrogen and oxygen atoms in total. The van der Waals surface area contributed by atoms with Gasteiger partial charge >= 0.3 is 5.97 Å². The number of carbonyl (C=O) groups is 4. The molecule has 0 fully saturated rings. The lowest BCUT2D eigenvalue weighted by atomic mass is 10.1. The minimum absolute atomic E-state index is 0.145. The van der Waals surface area contributed by atoms with Crippen molar-refractivity contribution in [3.05, 3.63) is 0 Å². The average molecular weight is 347 g/mol. The van der Waals surface area contributed by atoms with Crippen molar-refractivity contribution in [1.82, 2.24) is 10.6 Å². The third kappa shape index (κ3) is 8.41. The molecular weight excluding hydrogens is 322 g/mol. The Hall–Kier alpha value is -2.24. The zero-order chi connectivity index (χ0) is 18.7. The highest BCUT2D eigenvalue weighted by molar-refractivity contribution is 5.94. The zero-order valence-corrected chi connectivity index (χ0v) is 13.2. The van der Waals surface area contributed by atoms with Crippen molar-refractivity contribution in [2.45, 2.75) is 43.8 Å². The van der Waals surface area contributed by atoms with E-state index in [-0.39, 0.29) is 6.42 Å². The molecule has 0 spiro atoms. The largest absolute Gasteiger partial charge is 0.480 e. The van der Waals surface area contributed by atoms with E-state index in [1.807, 2.05) is 0 Å². The quantitative estimate of drug-likeness (QED) is 0.174. The monoisotopic (exact) mass is 347 g/mol. The van der Waals surface area contributed by atoms with Crippen LogP contribution in [-0.2, 0) is 19.2 Å². The molecule has 138 valence electrons. The van der Waals surface area contributed by atoms with Crippen LogP contribution in [0.25, 0.3) is 0 Å². The van der Waals surface area contributed by atoms with Crippen LogP contribution < -0.4 is 27.8 Å². The fourth-order valence-corrected chi connectivity index (χ4v) is 1.79. The van der Waals surface area contributed by atoms with E-state index in [2.05, 4.69) is 10.6 Å². The summed E-state index contributed by atoms with van der Waals surface area (Å²) in [6.07, 6.45) is 0.680. The first-order chi connectivity index (χ1) is 11.2. The van der Waals surface area contributed by atoms with Crippen molar-refractivity contribution in [2.24, 2.45) is 17.2 Å². The van der Waals surface area contributed by atoms with Gasteiger partial charge in [-0.2, -0.15) is 0 Å². The number of aliphatic hydroxyl groups excluding tert-OH is 1. The molecule has 11 heteroatoms. The molecule has 0 aliphatic carbocycles. The molecule has 0 bridgehead atoms. The Morgan fingerprint density at radius 2 is 1.58 bits per heavy atom. The van der Waals surface area contributed by atoms with Crippen molar-refractivity contribution in [2.75, 3.05) is 13.2 Å². The minimum atomic E-state index is -1.39. The van der Waals surface area contributed by atoms with Gasteiger partial charge in [-0.1, -0.05) is 0 Å². The molecule has 0 aromatic heterocycles. The molecule has 0 rings (SSSR count). The number of aliphatic carboxylic acids is 1. The van der Waals surface area contributed by atoms with Gasteiger partial charge in [-0.25, -0.2) is 4.79 Å². The number of carboxylic acid groups (broad SMARTS) is 1. The van der Waals surface area contributed by atoms with Crippen LogP contribution in [0, 0.1) is 0 Å². The molecule has 0 aliphatic rings. The van der Waals surface area contributed by atoms with Crippen LogP contribution in [0.5, 0.6) is 0 Å². The number of unbranched alkanes of at least 4 members (excludes halogenated alkanes) is 1. The van der Waals surface area contributed by atoms with Crippen molar-refractivity contribution in [1.29, 1.82) is 0 Å². The maximum absolute atomic E-state index is 12.1. The topological polar surface area (TPSA) is 211 Å². The predicted molar refractivity (Wildman–Crippen MR) is 83.3 cm³/mol. The highest BCUT2D eigenvalue weighted by atomic mass is 16.4. The van der Waals surface area contributed by atoms with E-state index in [0.29, 0.717) is 19.4 Å². The number of rotatable bonds is 12. The van der Waals surface area contributed by atoms with Crippen LogP contribution in [0.4, 0.5) is 0 Å². The van der Waals surface area contributed by atoms with E-state index in [9.17, 15) is 19.2 Å². The van der Waals surface area contributed by atoms with Crippen LogP contribution in [0.1, 0.15) is 25.7 Å². The van der Waals surface area contributed by atoms with E-state index in [1.54, 1.807) is 0 Å². The highest BCUT2D eigenvalue weighted by Gasteiger charge is 2.28. The van der Waals surface area contributed by atoms with Gasteiger partial charge in [0, 0.05) is 0 Å². The normalized spacial score (nSPS) is 14.3. The SMILES string of the molecule is NCCCCC(NC(=O)C(CC(N)=O)NC(=O)C(N)CO)C(=O)O. The molecule has 0 aromatic rings. The summed E-state index contributed by atoms with van der Waals surface area (Å²) in [7, 11) is 0. The summed E-state index contributed by atoms with van der Waals surface area (Å²) < 4.78 is 0. The number of hydrogen-bond acceptors (Lipinski definition) is 7. The predicted octanol–water partition coefficient (Wildman–Crippen LogP) is -3.64. The standard InChI is InChI=1S/C13H25N5O6/c14-4-2-1-3-8(13(23)24)17-12(22)9(5-10(16)20)18-11(21)7(15)6-19/h7-9,19H,1-6,14-15H2,(H2,16,20)(H,17,22)(H,18,21)(H,23,24). The third-order valence-corrected chi connectivity index (χ3v) is 3.13. The molecule has 10 N–H and O–H groups in total. The lowest BCUT2D eigenvalue weighted by Crippen LogP contribution is -2.56. The summed E-state index contributed by atoms with van der Waals surface area (Å²) in [6.45, 7) is -0.271. The summed E-state index contributed by atoms with van der Waals surface area (Å²) in [5, 5.41) is 22.3. The molecular formula is C13H25N5O6. The maximum Gasteiger partial charge on any atom is 0.326 e. The van der Waals surface area contributed by atoms with Crippen LogP contribution in [-0.4, -0.2) is 65.2 Å². The van der Waals surface area contributed by atoms with Crippen molar-refractivity contribution < 1.29 is 29.4 Å². The molecule has 0 aromatic carbocycles. The second kappa shape index (κ2) is 11.3. The van der Waals surface area contributed by atoms with Gasteiger partial charge in [0.25, 0.3) is 0 Å². The third-order valence-electron chi connectivity index (χ3n) is 3.13. The fraction of sp³-hybridized carbons (Fsp3) is 0.692. The first-order valence-corrected chi connectivity index (χ1v) is 7.41. The van der Waals surface area contributed by atoms with Crippen LogP contribution in [0.3, 0.4) is 0 Å². The van der Waals surface area contributed by atoms with E-state index in [0.717, 1.165) is 0 Å². The lowest BCUT2D eigenvalue weighted by Gasteiger charge is -2.21. The molecule has 3 atom stereocenters.